The van der Waals surface area contributed by atoms with E-state index in [9.17, 15) is 14.0 Å². The van der Waals surface area contributed by atoms with Gasteiger partial charge in [-0.2, -0.15) is 11.3 Å². The number of aryl methyl sites for hydroxylation is 1. The van der Waals surface area contributed by atoms with Gasteiger partial charge in [-0.25, -0.2) is 14.0 Å². The molecule has 0 fully saturated rings. The van der Waals surface area contributed by atoms with Gasteiger partial charge in [0.2, 0.25) is 0 Å². The van der Waals surface area contributed by atoms with Crippen LogP contribution in [0.4, 0.5) is 14.9 Å². The molecule has 0 unspecified atom stereocenters. The molecule has 0 aliphatic carbocycles. The zero-order valence-electron chi connectivity index (χ0n) is 11.1. The van der Waals surface area contributed by atoms with Gasteiger partial charge in [-0.15, -0.1) is 0 Å². The first-order valence-electron chi connectivity index (χ1n) is 6.06. The number of hydrogen-bond acceptors (Lipinski definition) is 3. The zero-order valence-corrected chi connectivity index (χ0v) is 12.0. The Balaban J connectivity index is 1.96. The van der Waals surface area contributed by atoms with Gasteiger partial charge in [0.1, 0.15) is 5.82 Å². The molecule has 0 saturated carbocycles. The Morgan fingerprint density at radius 2 is 2.10 bits per heavy atom. The molecule has 0 radical (unpaired) electrons. The highest BCUT2D eigenvalue weighted by molar-refractivity contribution is 7.08. The molecule has 2 amide bonds. The van der Waals surface area contributed by atoms with Crippen molar-refractivity contribution in [1.82, 2.24) is 5.32 Å². The van der Waals surface area contributed by atoms with Crippen LogP contribution in [0.15, 0.2) is 29.0 Å². The van der Waals surface area contributed by atoms with E-state index in [1.807, 2.05) is 17.7 Å². The first-order chi connectivity index (χ1) is 9.97. The summed E-state index contributed by atoms with van der Waals surface area (Å²) < 4.78 is 13.6. The third-order valence-corrected chi connectivity index (χ3v) is 3.78. The summed E-state index contributed by atoms with van der Waals surface area (Å²) in [5.74, 6) is -2.02. The Labute approximate surface area is 124 Å². The number of benzene rings is 1. The highest BCUT2D eigenvalue weighted by atomic mass is 32.1. The lowest BCUT2D eigenvalue weighted by molar-refractivity contribution is 0.0696. The van der Waals surface area contributed by atoms with Crippen LogP contribution in [-0.4, -0.2) is 17.1 Å². The number of halogens is 1. The molecule has 2 rings (SSSR count). The van der Waals surface area contributed by atoms with E-state index < -0.39 is 17.8 Å². The Bertz CT molecular complexity index is 685. The molecule has 0 spiro atoms. The number of aromatic carboxylic acids is 1. The monoisotopic (exact) mass is 308 g/mol. The van der Waals surface area contributed by atoms with Gasteiger partial charge in [0.05, 0.1) is 11.3 Å². The van der Waals surface area contributed by atoms with E-state index in [0.717, 1.165) is 17.2 Å². The molecule has 1 aromatic carbocycles. The second-order valence-corrected chi connectivity index (χ2v) is 5.13. The van der Waals surface area contributed by atoms with Crippen LogP contribution in [-0.2, 0) is 6.54 Å². The number of carbonyl (C=O) groups excluding carboxylic acids is 1. The number of anilines is 1. The van der Waals surface area contributed by atoms with Crippen molar-refractivity contribution >= 4 is 29.0 Å². The molecule has 3 N–H and O–H groups in total. The molecule has 5 nitrogen and oxygen atoms in total. The highest BCUT2D eigenvalue weighted by Gasteiger charge is 2.11. The maximum atomic E-state index is 13.6. The molecule has 21 heavy (non-hydrogen) atoms. The fourth-order valence-corrected chi connectivity index (χ4v) is 2.52. The molecule has 2 aromatic rings. The molecular weight excluding hydrogens is 295 g/mol. The van der Waals surface area contributed by atoms with E-state index >= 15 is 0 Å². The fourth-order valence-electron chi connectivity index (χ4n) is 1.66. The average Bonchev–Trinajstić information content (AvgIpc) is 2.84. The summed E-state index contributed by atoms with van der Waals surface area (Å²) >= 11 is 1.54. The molecule has 7 heteroatoms. The zero-order chi connectivity index (χ0) is 15.4. The Hall–Kier alpha value is -2.41. The highest BCUT2D eigenvalue weighted by Crippen LogP contribution is 2.16. The minimum absolute atomic E-state index is 0.0699. The lowest BCUT2D eigenvalue weighted by atomic mass is 10.2. The van der Waals surface area contributed by atoms with Gasteiger partial charge in [0, 0.05) is 6.54 Å². The first-order valence-corrected chi connectivity index (χ1v) is 7.01. The molecule has 0 atom stereocenters. The standard InChI is InChI=1S/C14H13FN2O3S/c1-8-6-21-7-10(8)5-16-14(20)17-12-3-2-9(13(18)19)4-11(12)15/h2-4,6-7H,5H2,1H3,(H,18,19)(H2,16,17,20). The van der Waals surface area contributed by atoms with Gasteiger partial charge in [-0.05, 0) is 47.0 Å². The van der Waals surface area contributed by atoms with Crippen LogP contribution >= 0.6 is 11.3 Å². The molecule has 0 aliphatic heterocycles. The number of urea groups is 1. The molecule has 1 heterocycles. The van der Waals surface area contributed by atoms with Crippen molar-refractivity contribution in [2.24, 2.45) is 0 Å². The van der Waals surface area contributed by atoms with Crippen LogP contribution in [0.2, 0.25) is 0 Å². The minimum Gasteiger partial charge on any atom is -0.478 e. The first kappa shape index (κ1) is 15.0. The smallest absolute Gasteiger partial charge is 0.335 e. The van der Waals surface area contributed by atoms with Crippen LogP contribution < -0.4 is 10.6 Å². The summed E-state index contributed by atoms with van der Waals surface area (Å²) in [7, 11) is 0. The summed E-state index contributed by atoms with van der Waals surface area (Å²) in [6, 6.07) is 2.75. The predicted molar refractivity (Wildman–Crippen MR) is 78.3 cm³/mol. The Kier molecular flexibility index (Phi) is 4.54. The largest absolute Gasteiger partial charge is 0.478 e. The van der Waals surface area contributed by atoms with E-state index in [1.165, 1.54) is 12.1 Å². The van der Waals surface area contributed by atoms with E-state index in [1.54, 1.807) is 11.3 Å². The van der Waals surface area contributed by atoms with Crippen molar-refractivity contribution < 1.29 is 19.1 Å². The van der Waals surface area contributed by atoms with Crippen LogP contribution in [0.25, 0.3) is 0 Å². The molecular formula is C14H13FN2O3S. The summed E-state index contributed by atoms with van der Waals surface area (Å²) in [5.41, 5.74) is 1.83. The van der Waals surface area contributed by atoms with Crippen LogP contribution in [0, 0.1) is 12.7 Å². The second kappa shape index (κ2) is 6.36. The lowest BCUT2D eigenvalue weighted by Gasteiger charge is -2.09. The lowest BCUT2D eigenvalue weighted by Crippen LogP contribution is -2.28. The normalized spacial score (nSPS) is 10.2. The minimum atomic E-state index is -1.22. The van der Waals surface area contributed by atoms with Crippen molar-refractivity contribution in [1.29, 1.82) is 0 Å². The summed E-state index contributed by atoms with van der Waals surface area (Å²) in [6.07, 6.45) is 0. The van der Waals surface area contributed by atoms with Gasteiger partial charge in [-0.3, -0.25) is 0 Å². The summed E-state index contributed by atoms with van der Waals surface area (Å²) in [4.78, 5) is 22.4. The van der Waals surface area contributed by atoms with E-state index in [4.69, 9.17) is 5.11 Å². The summed E-state index contributed by atoms with van der Waals surface area (Å²) in [5, 5.41) is 17.6. The third-order valence-electron chi connectivity index (χ3n) is 2.87. The number of rotatable bonds is 4. The Morgan fingerprint density at radius 1 is 1.33 bits per heavy atom. The van der Waals surface area contributed by atoms with Gasteiger partial charge < -0.3 is 15.7 Å². The van der Waals surface area contributed by atoms with Crippen molar-refractivity contribution in [3.63, 3.8) is 0 Å². The molecule has 110 valence electrons. The molecule has 0 saturated heterocycles. The third kappa shape index (κ3) is 3.79. The average molecular weight is 308 g/mol. The maximum absolute atomic E-state index is 13.6. The van der Waals surface area contributed by atoms with E-state index in [0.29, 0.717) is 6.54 Å². The van der Waals surface area contributed by atoms with Crippen molar-refractivity contribution in [3.8, 4) is 0 Å². The van der Waals surface area contributed by atoms with Crippen LogP contribution in [0.5, 0.6) is 0 Å². The van der Waals surface area contributed by atoms with Crippen molar-refractivity contribution in [3.05, 3.63) is 51.5 Å². The molecule has 0 aliphatic rings. The number of nitrogens with one attached hydrogen (secondary N) is 2. The molecule has 1 aromatic heterocycles. The number of thiophene rings is 1. The van der Waals surface area contributed by atoms with Gasteiger partial charge in [-0.1, -0.05) is 0 Å². The quantitative estimate of drug-likeness (QED) is 0.811. The van der Waals surface area contributed by atoms with E-state index in [2.05, 4.69) is 10.6 Å². The second-order valence-electron chi connectivity index (χ2n) is 4.39. The van der Waals surface area contributed by atoms with Gasteiger partial charge in [0.15, 0.2) is 0 Å². The van der Waals surface area contributed by atoms with E-state index in [-0.39, 0.29) is 11.3 Å². The summed E-state index contributed by atoms with van der Waals surface area (Å²) in [6.45, 7) is 2.28. The SMILES string of the molecule is Cc1cscc1CNC(=O)Nc1ccc(C(=O)O)cc1F. The predicted octanol–water partition coefficient (Wildman–Crippen LogP) is 3.22. The maximum Gasteiger partial charge on any atom is 0.335 e. The Morgan fingerprint density at radius 3 is 2.67 bits per heavy atom. The number of carbonyl (C=O) groups is 2. The van der Waals surface area contributed by atoms with Crippen molar-refractivity contribution in [2.45, 2.75) is 13.5 Å². The van der Waals surface area contributed by atoms with Gasteiger partial charge >= 0.3 is 12.0 Å². The topological polar surface area (TPSA) is 78.4 Å². The fraction of sp³-hybridized carbons (Fsp3) is 0.143. The number of hydrogen-bond donors (Lipinski definition) is 3. The van der Waals surface area contributed by atoms with Crippen LogP contribution in [0.3, 0.4) is 0 Å². The van der Waals surface area contributed by atoms with Crippen LogP contribution in [0.1, 0.15) is 21.5 Å². The molecule has 0 bridgehead atoms. The number of amides is 2. The van der Waals surface area contributed by atoms with Crippen molar-refractivity contribution in [2.75, 3.05) is 5.32 Å². The number of carboxylic acids is 1. The number of carboxylic acid groups (broad SMARTS) is 1. The van der Waals surface area contributed by atoms with Gasteiger partial charge in [0.25, 0.3) is 0 Å².